The molecule has 0 radical (unpaired) electrons. The molecule has 0 aliphatic carbocycles. The Kier molecular flexibility index (Phi) is 5.96. The number of amides is 2. The zero-order valence-corrected chi connectivity index (χ0v) is 17.2. The van der Waals surface area contributed by atoms with Gasteiger partial charge in [0.2, 0.25) is 11.8 Å². The van der Waals surface area contributed by atoms with Crippen molar-refractivity contribution in [3.05, 3.63) is 48.5 Å². The number of alkyl halides is 3. The molecule has 0 unspecified atom stereocenters. The summed E-state index contributed by atoms with van der Waals surface area (Å²) in [5, 5.41) is 12.5. The Hall–Kier alpha value is -3.27. The van der Waals surface area contributed by atoms with Crippen LogP contribution in [0, 0.1) is 0 Å². The highest BCUT2D eigenvalue weighted by Gasteiger charge is 2.49. The SMILES string of the molecule is O=C1C[C@@H](C(F)(F)F)N(C(=O)CN2CCN(c3ccccc3O)CC2)c2ccccc2N1. The van der Waals surface area contributed by atoms with Crippen molar-refractivity contribution in [3.8, 4) is 5.75 Å². The Bertz CT molecular complexity index is 1010. The highest BCUT2D eigenvalue weighted by Crippen LogP contribution is 2.38. The molecule has 2 heterocycles. The lowest BCUT2D eigenvalue weighted by atomic mass is 10.1. The molecule has 0 aromatic heterocycles. The zero-order valence-electron chi connectivity index (χ0n) is 17.2. The standard InChI is InChI=1S/C22H23F3N4O3/c23-22(24,25)19-13-20(31)26-15-5-1-2-6-16(15)29(19)21(32)14-27-9-11-28(12-10-27)17-7-3-4-8-18(17)30/h1-8,19,30H,9-14H2,(H,26,31)/t19-/m0/s1. The molecule has 0 saturated carbocycles. The second kappa shape index (κ2) is 8.70. The number of rotatable bonds is 3. The third kappa shape index (κ3) is 4.50. The second-order valence-corrected chi connectivity index (χ2v) is 7.84. The van der Waals surface area contributed by atoms with E-state index >= 15 is 0 Å². The number of hydrogen-bond acceptors (Lipinski definition) is 5. The summed E-state index contributed by atoms with van der Waals surface area (Å²) in [5.41, 5.74) is 0.905. The Morgan fingerprint density at radius 3 is 2.28 bits per heavy atom. The van der Waals surface area contributed by atoms with Gasteiger partial charge in [-0.05, 0) is 24.3 Å². The molecular formula is C22H23F3N4O3. The number of hydrogen-bond donors (Lipinski definition) is 2. The molecule has 2 amide bonds. The van der Waals surface area contributed by atoms with Gasteiger partial charge in [0.25, 0.3) is 0 Å². The normalized spacial score (nSPS) is 19.8. The minimum absolute atomic E-state index is 0.0403. The molecule has 2 aliphatic rings. The van der Waals surface area contributed by atoms with Crippen molar-refractivity contribution in [1.82, 2.24) is 4.90 Å². The van der Waals surface area contributed by atoms with E-state index in [1.807, 2.05) is 11.0 Å². The van der Waals surface area contributed by atoms with Crippen LogP contribution in [0.3, 0.4) is 0 Å². The number of piperazine rings is 1. The van der Waals surface area contributed by atoms with E-state index in [2.05, 4.69) is 5.32 Å². The van der Waals surface area contributed by atoms with Gasteiger partial charge >= 0.3 is 6.18 Å². The molecule has 7 nitrogen and oxygen atoms in total. The van der Waals surface area contributed by atoms with E-state index in [0.29, 0.717) is 36.8 Å². The predicted molar refractivity (Wildman–Crippen MR) is 114 cm³/mol. The molecular weight excluding hydrogens is 425 g/mol. The van der Waals surface area contributed by atoms with Gasteiger partial charge in [0.1, 0.15) is 11.8 Å². The summed E-state index contributed by atoms with van der Waals surface area (Å²) in [4.78, 5) is 29.7. The lowest BCUT2D eigenvalue weighted by molar-refractivity contribution is -0.158. The predicted octanol–water partition coefficient (Wildman–Crippen LogP) is 2.82. The van der Waals surface area contributed by atoms with E-state index in [-0.39, 0.29) is 23.7 Å². The van der Waals surface area contributed by atoms with Crippen molar-refractivity contribution in [2.24, 2.45) is 0 Å². The van der Waals surface area contributed by atoms with Gasteiger partial charge in [-0.1, -0.05) is 24.3 Å². The van der Waals surface area contributed by atoms with Crippen LogP contribution in [0.4, 0.5) is 30.2 Å². The number of phenolic OH excluding ortho intramolecular Hbond substituents is 1. The molecule has 10 heteroatoms. The van der Waals surface area contributed by atoms with Gasteiger partial charge in [-0.15, -0.1) is 0 Å². The van der Waals surface area contributed by atoms with E-state index in [9.17, 15) is 27.9 Å². The molecule has 0 spiro atoms. The van der Waals surface area contributed by atoms with Crippen LogP contribution in [-0.4, -0.2) is 66.8 Å². The Morgan fingerprint density at radius 2 is 1.62 bits per heavy atom. The average molecular weight is 448 g/mol. The van der Waals surface area contributed by atoms with Gasteiger partial charge in [0.15, 0.2) is 0 Å². The second-order valence-electron chi connectivity index (χ2n) is 7.84. The van der Waals surface area contributed by atoms with Crippen molar-refractivity contribution in [1.29, 1.82) is 0 Å². The highest BCUT2D eigenvalue weighted by molar-refractivity contribution is 6.05. The third-order valence-electron chi connectivity index (χ3n) is 5.73. The summed E-state index contributed by atoms with van der Waals surface area (Å²) < 4.78 is 41.5. The Balaban J connectivity index is 1.51. The van der Waals surface area contributed by atoms with E-state index in [1.54, 1.807) is 29.2 Å². The minimum atomic E-state index is -4.76. The number of para-hydroxylation sites is 4. The largest absolute Gasteiger partial charge is 0.506 e. The highest BCUT2D eigenvalue weighted by atomic mass is 19.4. The van der Waals surface area contributed by atoms with Crippen LogP contribution in [0.1, 0.15) is 6.42 Å². The van der Waals surface area contributed by atoms with Gasteiger partial charge in [0.05, 0.1) is 30.0 Å². The molecule has 0 bridgehead atoms. The number of phenols is 1. The summed E-state index contributed by atoms with van der Waals surface area (Å²) >= 11 is 0. The molecule has 2 aliphatic heterocycles. The number of aromatic hydroxyl groups is 1. The summed E-state index contributed by atoms with van der Waals surface area (Å²) in [6.45, 7) is 1.73. The number of nitrogens with zero attached hydrogens (tertiary/aromatic N) is 3. The zero-order chi connectivity index (χ0) is 22.9. The van der Waals surface area contributed by atoms with Crippen molar-refractivity contribution < 1.29 is 27.9 Å². The van der Waals surface area contributed by atoms with E-state index in [4.69, 9.17) is 0 Å². The number of anilines is 3. The van der Waals surface area contributed by atoms with Gasteiger partial charge in [-0.3, -0.25) is 19.4 Å². The number of benzene rings is 2. The molecule has 2 aromatic carbocycles. The quantitative estimate of drug-likeness (QED) is 0.756. The van der Waals surface area contributed by atoms with Crippen LogP contribution in [0.2, 0.25) is 0 Å². The number of halogens is 3. The lowest BCUT2D eigenvalue weighted by Gasteiger charge is -2.38. The molecule has 1 atom stereocenters. The first-order valence-corrected chi connectivity index (χ1v) is 10.3. The first kappa shape index (κ1) is 21.9. The number of nitrogens with one attached hydrogen (secondary N) is 1. The average Bonchev–Trinajstić information content (AvgIpc) is 2.90. The van der Waals surface area contributed by atoms with E-state index < -0.39 is 30.5 Å². The number of fused-ring (bicyclic) bond motifs is 1. The van der Waals surface area contributed by atoms with Crippen molar-refractivity contribution in [2.75, 3.05) is 47.8 Å². The van der Waals surface area contributed by atoms with Crippen LogP contribution in [0.5, 0.6) is 5.75 Å². The number of carbonyl (C=O) groups excluding carboxylic acids is 2. The summed E-state index contributed by atoms with van der Waals surface area (Å²) in [7, 11) is 0. The molecule has 2 N–H and O–H groups in total. The van der Waals surface area contributed by atoms with Crippen LogP contribution >= 0.6 is 0 Å². The lowest BCUT2D eigenvalue weighted by Crippen LogP contribution is -2.55. The third-order valence-corrected chi connectivity index (χ3v) is 5.73. The van der Waals surface area contributed by atoms with Gasteiger partial charge in [-0.25, -0.2) is 0 Å². The van der Waals surface area contributed by atoms with Crippen LogP contribution in [0.25, 0.3) is 0 Å². The molecule has 1 fully saturated rings. The monoisotopic (exact) mass is 448 g/mol. The van der Waals surface area contributed by atoms with E-state index in [1.165, 1.54) is 18.2 Å². The summed E-state index contributed by atoms with van der Waals surface area (Å²) in [6, 6.07) is 10.7. The van der Waals surface area contributed by atoms with Crippen LogP contribution < -0.4 is 15.1 Å². The van der Waals surface area contributed by atoms with Crippen molar-refractivity contribution >= 4 is 28.9 Å². The fourth-order valence-electron chi connectivity index (χ4n) is 4.14. The summed E-state index contributed by atoms with van der Waals surface area (Å²) in [5.74, 6) is -1.35. The molecule has 32 heavy (non-hydrogen) atoms. The fourth-order valence-corrected chi connectivity index (χ4v) is 4.14. The first-order valence-electron chi connectivity index (χ1n) is 10.3. The maximum absolute atomic E-state index is 13.8. The molecule has 2 aromatic rings. The van der Waals surface area contributed by atoms with Crippen LogP contribution in [0.15, 0.2) is 48.5 Å². The van der Waals surface area contributed by atoms with E-state index in [0.717, 1.165) is 0 Å². The first-order chi connectivity index (χ1) is 15.2. The van der Waals surface area contributed by atoms with Gasteiger partial charge < -0.3 is 15.3 Å². The molecule has 170 valence electrons. The van der Waals surface area contributed by atoms with Gasteiger partial charge in [0, 0.05) is 26.2 Å². The Labute approximate surface area is 183 Å². The topological polar surface area (TPSA) is 76.1 Å². The van der Waals surface area contributed by atoms with Crippen molar-refractivity contribution in [2.45, 2.75) is 18.6 Å². The number of carbonyl (C=O) groups is 2. The Morgan fingerprint density at radius 1 is 1.00 bits per heavy atom. The smallest absolute Gasteiger partial charge is 0.409 e. The van der Waals surface area contributed by atoms with Crippen molar-refractivity contribution in [3.63, 3.8) is 0 Å². The fraction of sp³-hybridized carbons (Fsp3) is 0.364. The molecule has 1 saturated heterocycles. The maximum Gasteiger partial charge on any atom is 0.409 e. The summed E-state index contributed by atoms with van der Waals surface area (Å²) in [6.07, 6.45) is -5.61. The van der Waals surface area contributed by atoms with Crippen LogP contribution in [-0.2, 0) is 9.59 Å². The van der Waals surface area contributed by atoms with Gasteiger partial charge in [-0.2, -0.15) is 13.2 Å². The maximum atomic E-state index is 13.8. The molecule has 4 rings (SSSR count). The minimum Gasteiger partial charge on any atom is -0.506 e.